The number of hydrogen-bond donors (Lipinski definition) is 0. The van der Waals surface area contributed by atoms with Gasteiger partial charge in [-0.2, -0.15) is 0 Å². The van der Waals surface area contributed by atoms with Crippen molar-refractivity contribution in [1.82, 2.24) is 4.90 Å². The van der Waals surface area contributed by atoms with Crippen LogP contribution < -0.4 is 0 Å². The van der Waals surface area contributed by atoms with E-state index in [9.17, 15) is 0 Å². The molecule has 0 aromatic rings. The lowest BCUT2D eigenvalue weighted by molar-refractivity contribution is 0.0271. The molecule has 0 spiro atoms. The first-order chi connectivity index (χ1) is 4.77. The Labute approximate surface area is 66.1 Å². The molecular formula is C7H12ClNO. The zero-order valence-corrected chi connectivity index (χ0v) is 6.84. The molecule has 0 aromatic carbocycles. The van der Waals surface area contributed by atoms with Crippen molar-refractivity contribution in [2.24, 2.45) is 0 Å². The fourth-order valence-electron chi connectivity index (χ4n) is 1.87. The molecule has 3 heteroatoms. The van der Waals surface area contributed by atoms with E-state index < -0.39 is 0 Å². The fraction of sp³-hybridized carbons (Fsp3) is 1.00. The summed E-state index contributed by atoms with van der Waals surface area (Å²) in [6.07, 6.45) is 1.67. The second-order valence-electron chi connectivity index (χ2n) is 3.12. The van der Waals surface area contributed by atoms with Gasteiger partial charge in [-0.1, -0.05) is 0 Å². The van der Waals surface area contributed by atoms with Gasteiger partial charge in [-0.05, 0) is 13.3 Å². The molecule has 0 amide bonds. The molecular weight excluding hydrogens is 150 g/mol. The first kappa shape index (κ1) is 6.89. The molecule has 3 atom stereocenters. The lowest BCUT2D eigenvalue weighted by Crippen LogP contribution is -2.40. The van der Waals surface area contributed by atoms with Crippen molar-refractivity contribution in [3.05, 3.63) is 0 Å². The van der Waals surface area contributed by atoms with Gasteiger partial charge in [0.05, 0.1) is 18.2 Å². The fourth-order valence-corrected chi connectivity index (χ4v) is 2.10. The van der Waals surface area contributed by atoms with E-state index in [1.807, 2.05) is 6.92 Å². The highest BCUT2D eigenvalue weighted by Gasteiger charge is 2.40. The SMILES string of the molecule is CC(Cl)N1C[C@H]2C[C@@H]1CO2. The highest BCUT2D eigenvalue weighted by atomic mass is 35.5. The maximum Gasteiger partial charge on any atom is 0.0825 e. The van der Waals surface area contributed by atoms with Crippen molar-refractivity contribution in [3.8, 4) is 0 Å². The van der Waals surface area contributed by atoms with Crippen LogP contribution in [0.5, 0.6) is 0 Å². The number of morpholine rings is 1. The van der Waals surface area contributed by atoms with Crippen LogP contribution in [-0.4, -0.2) is 35.7 Å². The van der Waals surface area contributed by atoms with Gasteiger partial charge in [-0.15, -0.1) is 11.6 Å². The molecule has 2 nitrogen and oxygen atoms in total. The van der Waals surface area contributed by atoms with Gasteiger partial charge >= 0.3 is 0 Å². The maximum atomic E-state index is 5.95. The predicted octanol–water partition coefficient (Wildman–Crippen LogP) is 1.04. The van der Waals surface area contributed by atoms with Crippen LogP contribution in [0.2, 0.25) is 0 Å². The maximum absolute atomic E-state index is 5.95. The topological polar surface area (TPSA) is 12.5 Å². The van der Waals surface area contributed by atoms with Crippen molar-refractivity contribution in [3.63, 3.8) is 0 Å². The smallest absolute Gasteiger partial charge is 0.0825 e. The number of halogens is 1. The van der Waals surface area contributed by atoms with Crippen LogP contribution in [0.4, 0.5) is 0 Å². The summed E-state index contributed by atoms with van der Waals surface area (Å²) < 4.78 is 5.43. The number of rotatable bonds is 1. The second kappa shape index (κ2) is 2.36. The number of alkyl halides is 1. The Morgan fingerprint density at radius 3 is 2.80 bits per heavy atom. The molecule has 2 saturated heterocycles. The molecule has 2 fully saturated rings. The standard InChI is InChI=1S/C7H12ClNO/c1-5(8)9-3-7-2-6(9)4-10-7/h5-7H,2-4H2,1H3/t5?,6-,7-/m1/s1. The third kappa shape index (κ3) is 0.949. The first-order valence-electron chi connectivity index (χ1n) is 3.79. The summed E-state index contributed by atoms with van der Waals surface area (Å²) in [4.78, 5) is 2.32. The van der Waals surface area contributed by atoms with Crippen molar-refractivity contribution < 1.29 is 4.74 Å². The molecule has 2 heterocycles. The predicted molar refractivity (Wildman–Crippen MR) is 40.2 cm³/mol. The summed E-state index contributed by atoms with van der Waals surface area (Å²) in [6, 6.07) is 0.609. The van der Waals surface area contributed by atoms with Gasteiger partial charge in [-0.25, -0.2) is 0 Å². The number of hydrogen-bond acceptors (Lipinski definition) is 2. The minimum absolute atomic E-state index is 0.180. The molecule has 10 heavy (non-hydrogen) atoms. The molecule has 1 unspecified atom stereocenters. The van der Waals surface area contributed by atoms with Crippen LogP contribution in [0.15, 0.2) is 0 Å². The summed E-state index contributed by atoms with van der Waals surface area (Å²) in [5, 5.41) is 0. The Kier molecular flexibility index (Phi) is 1.63. The lowest BCUT2D eigenvalue weighted by Gasteiger charge is -2.28. The summed E-state index contributed by atoms with van der Waals surface area (Å²) in [5.41, 5.74) is 0.180. The zero-order chi connectivity index (χ0) is 7.14. The highest BCUT2D eigenvalue weighted by molar-refractivity contribution is 6.20. The van der Waals surface area contributed by atoms with Crippen molar-refractivity contribution in [2.45, 2.75) is 31.0 Å². The number of ether oxygens (including phenoxy) is 1. The molecule has 0 aliphatic carbocycles. The van der Waals surface area contributed by atoms with E-state index in [4.69, 9.17) is 16.3 Å². The quantitative estimate of drug-likeness (QED) is 0.421. The minimum Gasteiger partial charge on any atom is -0.375 e. The van der Waals surface area contributed by atoms with E-state index in [1.54, 1.807) is 0 Å². The average molecular weight is 162 g/mol. The second-order valence-corrected chi connectivity index (χ2v) is 3.75. The van der Waals surface area contributed by atoms with E-state index in [-0.39, 0.29) is 5.50 Å². The Morgan fingerprint density at radius 1 is 1.70 bits per heavy atom. The van der Waals surface area contributed by atoms with E-state index in [0.717, 1.165) is 13.2 Å². The molecule has 2 bridgehead atoms. The van der Waals surface area contributed by atoms with Crippen LogP contribution in [0.3, 0.4) is 0 Å². The van der Waals surface area contributed by atoms with Gasteiger partial charge in [0, 0.05) is 12.6 Å². The molecule has 0 radical (unpaired) electrons. The van der Waals surface area contributed by atoms with Gasteiger partial charge in [0.25, 0.3) is 0 Å². The van der Waals surface area contributed by atoms with E-state index in [1.165, 1.54) is 6.42 Å². The number of fused-ring (bicyclic) bond motifs is 2. The molecule has 0 saturated carbocycles. The van der Waals surface area contributed by atoms with E-state index >= 15 is 0 Å². The first-order valence-corrected chi connectivity index (χ1v) is 4.22. The van der Waals surface area contributed by atoms with E-state index in [0.29, 0.717) is 12.1 Å². The van der Waals surface area contributed by atoms with Crippen LogP contribution in [0, 0.1) is 0 Å². The van der Waals surface area contributed by atoms with Gasteiger partial charge < -0.3 is 4.74 Å². The van der Waals surface area contributed by atoms with Crippen LogP contribution in [0.1, 0.15) is 13.3 Å². The van der Waals surface area contributed by atoms with Crippen LogP contribution in [-0.2, 0) is 4.74 Å². The molecule has 2 aliphatic heterocycles. The molecule has 58 valence electrons. The monoisotopic (exact) mass is 161 g/mol. The molecule has 0 N–H and O–H groups in total. The minimum atomic E-state index is 0.180. The number of nitrogens with zero attached hydrogens (tertiary/aromatic N) is 1. The normalized spacial score (nSPS) is 42.6. The lowest BCUT2D eigenvalue weighted by atomic mass is 10.2. The largest absolute Gasteiger partial charge is 0.375 e. The molecule has 2 rings (SSSR count). The van der Waals surface area contributed by atoms with Gasteiger partial charge in [0.2, 0.25) is 0 Å². The van der Waals surface area contributed by atoms with Crippen LogP contribution >= 0.6 is 11.6 Å². The average Bonchev–Trinajstić information content (AvgIpc) is 2.44. The Bertz CT molecular complexity index is 140. The van der Waals surface area contributed by atoms with Gasteiger partial charge in [0.1, 0.15) is 0 Å². The zero-order valence-electron chi connectivity index (χ0n) is 6.09. The van der Waals surface area contributed by atoms with Crippen molar-refractivity contribution >= 4 is 11.6 Å². The molecule has 0 aromatic heterocycles. The third-order valence-electron chi connectivity index (χ3n) is 2.40. The summed E-state index contributed by atoms with van der Waals surface area (Å²) in [5.74, 6) is 0. The van der Waals surface area contributed by atoms with Crippen LogP contribution in [0.25, 0.3) is 0 Å². The van der Waals surface area contributed by atoms with Crippen molar-refractivity contribution in [1.29, 1.82) is 0 Å². The summed E-state index contributed by atoms with van der Waals surface area (Å²) in [6.45, 7) is 3.96. The highest BCUT2D eigenvalue weighted by Crippen LogP contribution is 2.30. The van der Waals surface area contributed by atoms with Crippen molar-refractivity contribution in [2.75, 3.05) is 13.2 Å². The Hall–Kier alpha value is 0.210. The number of likely N-dealkylation sites (tertiary alicyclic amines) is 1. The summed E-state index contributed by atoms with van der Waals surface area (Å²) >= 11 is 5.95. The van der Waals surface area contributed by atoms with Gasteiger partial charge in [0.15, 0.2) is 0 Å². The summed E-state index contributed by atoms with van der Waals surface area (Å²) in [7, 11) is 0. The van der Waals surface area contributed by atoms with Gasteiger partial charge in [-0.3, -0.25) is 4.90 Å². The molecule has 2 aliphatic rings. The third-order valence-corrected chi connectivity index (χ3v) is 2.65. The van der Waals surface area contributed by atoms with E-state index in [2.05, 4.69) is 4.90 Å². The Balaban J connectivity index is 2.02. The Morgan fingerprint density at radius 2 is 2.50 bits per heavy atom.